The Hall–Kier alpha value is -2.74. The van der Waals surface area contributed by atoms with Gasteiger partial charge in [0.2, 0.25) is 0 Å². The van der Waals surface area contributed by atoms with Crippen molar-refractivity contribution in [2.75, 3.05) is 43.1 Å². The van der Waals surface area contributed by atoms with Gasteiger partial charge in [-0.3, -0.25) is 15.0 Å². The Morgan fingerprint density at radius 3 is 2.86 bits per heavy atom. The number of nitrogens with one attached hydrogen (secondary N) is 3. The fourth-order valence-corrected chi connectivity index (χ4v) is 4.46. The number of hydrogen-bond acceptors (Lipinski definition) is 9. The van der Waals surface area contributed by atoms with Crippen LogP contribution in [0.5, 0.6) is 5.75 Å². The van der Waals surface area contributed by atoms with Crippen LogP contribution in [0.1, 0.15) is 10.5 Å². The quantitative estimate of drug-likeness (QED) is 0.551. The summed E-state index contributed by atoms with van der Waals surface area (Å²) in [5, 5.41) is 4.76. The van der Waals surface area contributed by atoms with Gasteiger partial charge in [0.05, 0.1) is 23.8 Å². The number of rotatable bonds is 5. The molecule has 0 radical (unpaired) electrons. The van der Waals surface area contributed by atoms with Gasteiger partial charge in [-0.2, -0.15) is 0 Å². The number of hydrazine groups is 1. The van der Waals surface area contributed by atoms with Gasteiger partial charge >= 0.3 is 0 Å². The highest BCUT2D eigenvalue weighted by Crippen LogP contribution is 2.30. The molecule has 2 aromatic rings. The zero-order valence-corrected chi connectivity index (χ0v) is 16.6. The van der Waals surface area contributed by atoms with Crippen LogP contribution in [-0.2, 0) is 19.6 Å². The third kappa shape index (κ3) is 4.32. The Balaban J connectivity index is 1.41. The fourth-order valence-electron chi connectivity index (χ4n) is 2.73. The summed E-state index contributed by atoms with van der Waals surface area (Å²) in [6.07, 6.45) is 0. The summed E-state index contributed by atoms with van der Waals surface area (Å²) in [5.41, 5.74) is 2.49. The average Bonchev–Trinajstić information content (AvgIpc) is 3.22. The Morgan fingerprint density at radius 2 is 2.07 bits per heavy atom. The molecule has 154 valence electrons. The van der Waals surface area contributed by atoms with Crippen molar-refractivity contribution in [2.24, 2.45) is 0 Å². The fraction of sp³-hybridized carbons (Fsp3) is 0.312. The van der Waals surface area contributed by atoms with Crippen molar-refractivity contribution in [1.82, 2.24) is 15.2 Å². The Bertz CT molecular complexity index is 1050. The summed E-state index contributed by atoms with van der Waals surface area (Å²) in [7, 11) is -4.07. The molecule has 2 aliphatic heterocycles. The number of amides is 2. The van der Waals surface area contributed by atoms with Crippen LogP contribution in [0.4, 0.5) is 10.8 Å². The predicted octanol–water partition coefficient (Wildman–Crippen LogP) is -0.0661. The van der Waals surface area contributed by atoms with Gasteiger partial charge in [-0.1, -0.05) is 0 Å². The summed E-state index contributed by atoms with van der Waals surface area (Å²) in [4.78, 5) is 31.8. The first-order valence-corrected chi connectivity index (χ1v) is 11.0. The lowest BCUT2D eigenvalue weighted by molar-refractivity contribution is -0.118. The second-order valence-electron chi connectivity index (χ2n) is 6.17. The van der Waals surface area contributed by atoms with Crippen LogP contribution in [0.3, 0.4) is 0 Å². The van der Waals surface area contributed by atoms with Crippen molar-refractivity contribution in [1.29, 1.82) is 0 Å². The maximum absolute atomic E-state index is 12.5. The minimum Gasteiger partial charge on any atom is -0.482 e. The van der Waals surface area contributed by atoms with E-state index >= 15 is 0 Å². The van der Waals surface area contributed by atoms with E-state index in [0.717, 1.165) is 0 Å². The molecule has 1 fully saturated rings. The molecule has 1 aromatic heterocycles. The number of ether oxygens (including phenoxy) is 2. The van der Waals surface area contributed by atoms with E-state index in [1.807, 2.05) is 9.73 Å². The number of sulfonamides is 1. The second kappa shape index (κ2) is 7.94. The van der Waals surface area contributed by atoms with Gasteiger partial charge in [-0.05, 0) is 18.2 Å². The van der Waals surface area contributed by atoms with Gasteiger partial charge in [-0.25, -0.2) is 13.4 Å². The number of nitrogens with zero attached hydrogens (tertiary/aromatic N) is 2. The normalized spacial score (nSPS) is 16.6. The third-order valence-corrected chi connectivity index (χ3v) is 6.35. The van der Waals surface area contributed by atoms with E-state index in [1.165, 1.54) is 29.5 Å². The molecule has 0 spiro atoms. The molecule has 1 aromatic carbocycles. The van der Waals surface area contributed by atoms with Crippen LogP contribution < -0.4 is 25.2 Å². The van der Waals surface area contributed by atoms with Crippen LogP contribution in [0.15, 0.2) is 28.5 Å². The van der Waals surface area contributed by atoms with E-state index in [2.05, 4.69) is 15.7 Å². The molecular formula is C16H17N5O6S2. The Labute approximate surface area is 170 Å². The molecule has 0 bridgehead atoms. The molecule has 0 aliphatic carbocycles. The van der Waals surface area contributed by atoms with E-state index in [9.17, 15) is 18.0 Å². The van der Waals surface area contributed by atoms with E-state index in [-0.39, 0.29) is 28.8 Å². The van der Waals surface area contributed by atoms with E-state index < -0.39 is 15.9 Å². The first-order chi connectivity index (χ1) is 13.9. The minimum atomic E-state index is -4.07. The molecule has 11 nitrogen and oxygen atoms in total. The van der Waals surface area contributed by atoms with Crippen molar-refractivity contribution >= 4 is 44.0 Å². The molecule has 1 saturated heterocycles. The lowest BCUT2D eigenvalue weighted by Gasteiger charge is -2.25. The molecule has 0 atom stereocenters. The molecule has 2 aliphatic rings. The number of benzene rings is 1. The number of anilines is 2. The monoisotopic (exact) mass is 439 g/mol. The first-order valence-electron chi connectivity index (χ1n) is 8.59. The predicted molar refractivity (Wildman–Crippen MR) is 104 cm³/mol. The van der Waals surface area contributed by atoms with Crippen LogP contribution >= 0.6 is 11.3 Å². The van der Waals surface area contributed by atoms with Gasteiger partial charge in [-0.15, -0.1) is 16.2 Å². The van der Waals surface area contributed by atoms with Crippen LogP contribution in [0, 0.1) is 0 Å². The highest BCUT2D eigenvalue weighted by Gasteiger charge is 2.23. The highest BCUT2D eigenvalue weighted by atomic mass is 32.2. The van der Waals surface area contributed by atoms with Gasteiger partial charge in [0.25, 0.3) is 21.8 Å². The Morgan fingerprint density at radius 1 is 1.28 bits per heavy atom. The van der Waals surface area contributed by atoms with Crippen molar-refractivity contribution < 1.29 is 27.5 Å². The van der Waals surface area contributed by atoms with Crippen molar-refractivity contribution in [2.45, 2.75) is 4.90 Å². The van der Waals surface area contributed by atoms with Crippen LogP contribution in [0.2, 0.25) is 0 Å². The number of morpholine rings is 1. The number of aromatic nitrogens is 1. The largest absolute Gasteiger partial charge is 0.482 e. The molecule has 3 N–H and O–H groups in total. The molecular weight excluding hydrogens is 422 g/mol. The number of thiazole rings is 1. The zero-order chi connectivity index (χ0) is 20.4. The topological polar surface area (TPSA) is 139 Å². The molecule has 0 unspecified atom stereocenters. The van der Waals surface area contributed by atoms with Gasteiger partial charge in [0.15, 0.2) is 11.7 Å². The maximum Gasteiger partial charge on any atom is 0.285 e. The maximum atomic E-state index is 12.5. The summed E-state index contributed by atoms with van der Waals surface area (Å²) in [6, 6.07) is 3.99. The summed E-state index contributed by atoms with van der Waals surface area (Å²) < 4.78 is 35.4. The second-order valence-corrected chi connectivity index (χ2v) is 8.69. The van der Waals surface area contributed by atoms with E-state index in [0.29, 0.717) is 37.2 Å². The molecule has 0 saturated carbocycles. The van der Waals surface area contributed by atoms with Crippen LogP contribution in [-0.4, -0.2) is 58.1 Å². The number of carbonyl (C=O) groups excluding carboxylic acids is 2. The first kappa shape index (κ1) is 19.6. The molecule has 4 rings (SSSR count). The highest BCUT2D eigenvalue weighted by molar-refractivity contribution is 7.89. The smallest absolute Gasteiger partial charge is 0.285 e. The van der Waals surface area contributed by atoms with Crippen LogP contribution in [0.25, 0.3) is 0 Å². The number of carbonyl (C=O) groups is 2. The van der Waals surface area contributed by atoms with Crippen molar-refractivity contribution in [3.05, 3.63) is 29.3 Å². The average molecular weight is 439 g/mol. The number of hydrogen-bond donors (Lipinski definition) is 3. The molecule has 3 heterocycles. The standard InChI is InChI=1S/C16H17N5O6S2/c22-14-8-27-13-2-1-10(7-11(13)17-14)29(24,25)20-19-15(23)12-9-28-16(18-12)21-3-5-26-6-4-21/h1-2,7,9,20H,3-6,8H2,(H,17,22)(H,19,23). The third-order valence-electron chi connectivity index (χ3n) is 4.20. The number of fused-ring (bicyclic) bond motifs is 1. The SMILES string of the molecule is O=C1COc2ccc(S(=O)(=O)NNC(=O)c3csc(N4CCOCC4)n3)cc2N1. The van der Waals surface area contributed by atoms with E-state index in [4.69, 9.17) is 9.47 Å². The lowest BCUT2D eigenvalue weighted by atomic mass is 10.2. The summed E-state index contributed by atoms with van der Waals surface area (Å²) in [6.45, 7) is 2.41. The zero-order valence-electron chi connectivity index (χ0n) is 15.0. The summed E-state index contributed by atoms with van der Waals surface area (Å²) >= 11 is 1.30. The van der Waals surface area contributed by atoms with Gasteiger partial charge in [0.1, 0.15) is 11.4 Å². The molecule has 13 heteroatoms. The molecule has 29 heavy (non-hydrogen) atoms. The molecule has 2 amide bonds. The van der Waals surface area contributed by atoms with Gasteiger partial charge < -0.3 is 19.7 Å². The van der Waals surface area contributed by atoms with Gasteiger partial charge in [0, 0.05) is 18.5 Å². The van der Waals surface area contributed by atoms with Crippen molar-refractivity contribution in [3.63, 3.8) is 0 Å². The lowest BCUT2D eigenvalue weighted by Crippen LogP contribution is -2.41. The van der Waals surface area contributed by atoms with Crippen molar-refractivity contribution in [3.8, 4) is 5.75 Å². The van der Waals surface area contributed by atoms with E-state index in [1.54, 1.807) is 5.38 Å². The Kier molecular flexibility index (Phi) is 5.36. The summed E-state index contributed by atoms with van der Waals surface area (Å²) in [5.74, 6) is -0.697. The minimum absolute atomic E-state index is 0.102.